The van der Waals surface area contributed by atoms with Crippen LogP contribution in [-0.2, 0) is 27.4 Å². The van der Waals surface area contributed by atoms with E-state index in [4.69, 9.17) is 27.9 Å². The second-order valence-electron chi connectivity index (χ2n) is 11.6. The van der Waals surface area contributed by atoms with E-state index in [0.717, 1.165) is 0 Å². The summed E-state index contributed by atoms with van der Waals surface area (Å²) in [6.07, 6.45) is 2.57. The maximum Gasteiger partial charge on any atom is 0.257 e. The summed E-state index contributed by atoms with van der Waals surface area (Å²) in [7, 11) is 5.11. The molecule has 0 aliphatic carbocycles. The number of likely N-dealkylation sites (tertiary alicyclic amines) is 1. The van der Waals surface area contributed by atoms with Gasteiger partial charge in [-0.15, -0.1) is 0 Å². The summed E-state index contributed by atoms with van der Waals surface area (Å²) < 4.78 is 22.5. The Morgan fingerprint density at radius 1 is 1.14 bits per heavy atom. The van der Waals surface area contributed by atoms with Crippen LogP contribution in [0.2, 0.25) is 10.0 Å². The van der Waals surface area contributed by atoms with Gasteiger partial charge in [0.1, 0.15) is 5.82 Å². The molecule has 5 rings (SSSR count). The molecule has 2 atom stereocenters. The number of methoxy groups -OCH3 is 1. The van der Waals surface area contributed by atoms with Crippen LogP contribution in [0.4, 0.5) is 4.39 Å². The highest BCUT2D eigenvalue weighted by Crippen LogP contribution is 2.49. The van der Waals surface area contributed by atoms with E-state index in [2.05, 4.69) is 4.98 Å². The number of pyridine rings is 1. The van der Waals surface area contributed by atoms with Gasteiger partial charge in [0, 0.05) is 37.0 Å². The van der Waals surface area contributed by atoms with Crippen molar-refractivity contribution in [2.24, 2.45) is 5.92 Å². The maximum atomic E-state index is 16.4. The number of fused-ring (bicyclic) bond motifs is 1. The second-order valence-corrected chi connectivity index (χ2v) is 12.5. The predicted molar refractivity (Wildman–Crippen MR) is 162 cm³/mol. The van der Waals surface area contributed by atoms with Gasteiger partial charge in [-0.3, -0.25) is 19.5 Å². The highest BCUT2D eigenvalue weighted by atomic mass is 35.5. The Morgan fingerprint density at radius 3 is 2.37 bits per heavy atom. The molecule has 0 radical (unpaired) electrons. The van der Waals surface area contributed by atoms with Crippen molar-refractivity contribution in [1.29, 1.82) is 0 Å². The van der Waals surface area contributed by atoms with Crippen molar-refractivity contribution in [2.45, 2.75) is 37.6 Å². The molecule has 1 saturated heterocycles. The first kappa shape index (κ1) is 31.3. The van der Waals surface area contributed by atoms with Crippen LogP contribution in [0.25, 0.3) is 0 Å². The maximum absolute atomic E-state index is 16.4. The van der Waals surface area contributed by atoms with Gasteiger partial charge in [-0.1, -0.05) is 35.3 Å². The summed E-state index contributed by atoms with van der Waals surface area (Å²) >= 11 is 12.2. The second kappa shape index (κ2) is 12.1. The van der Waals surface area contributed by atoms with Gasteiger partial charge in [-0.05, 0) is 81.7 Å². The molecule has 2 aliphatic heterocycles. The van der Waals surface area contributed by atoms with E-state index in [0.29, 0.717) is 59.3 Å². The largest absolute Gasteiger partial charge is 0.385 e. The standard InChI is InChI=1S/C32H35Cl2FN4O4/c1-31(42,20-11-13-38(14-12-20)28(40)19-37(2)3)22-15-26-29(27(35)16-22)32(43-4,21-5-7-23(33)8-6-21)39(30(26)41)18-25-10-9-24(34)17-36-25/h5-10,15-17,20,42H,11-14,18-19H2,1-4H3/t31?,32-/m1/s1. The molecular weight excluding hydrogens is 594 g/mol. The molecule has 0 saturated carbocycles. The van der Waals surface area contributed by atoms with Crippen LogP contribution in [0.1, 0.15) is 52.5 Å². The lowest BCUT2D eigenvalue weighted by molar-refractivity contribution is -0.135. The van der Waals surface area contributed by atoms with Gasteiger partial charge in [0.15, 0.2) is 5.72 Å². The van der Waals surface area contributed by atoms with Gasteiger partial charge >= 0.3 is 0 Å². The third-order valence-electron chi connectivity index (χ3n) is 8.60. The number of ether oxygens (including phenoxy) is 1. The third kappa shape index (κ3) is 5.77. The van der Waals surface area contributed by atoms with Crippen LogP contribution in [0.15, 0.2) is 54.7 Å². The number of piperidine rings is 1. The molecule has 11 heteroatoms. The van der Waals surface area contributed by atoms with Crippen LogP contribution in [0, 0.1) is 11.7 Å². The topological polar surface area (TPSA) is 86.2 Å². The monoisotopic (exact) mass is 628 g/mol. The fourth-order valence-corrected chi connectivity index (χ4v) is 6.52. The van der Waals surface area contributed by atoms with Crippen LogP contribution in [-0.4, -0.2) is 77.4 Å². The molecule has 2 aliphatic rings. The number of aliphatic hydroxyl groups is 1. The third-order valence-corrected chi connectivity index (χ3v) is 9.08. The molecule has 1 fully saturated rings. The first-order valence-corrected chi connectivity index (χ1v) is 14.9. The van der Waals surface area contributed by atoms with E-state index in [9.17, 15) is 14.7 Å². The van der Waals surface area contributed by atoms with E-state index in [-0.39, 0.29) is 29.5 Å². The van der Waals surface area contributed by atoms with Crippen molar-refractivity contribution >= 4 is 35.0 Å². The molecule has 3 heterocycles. The molecule has 43 heavy (non-hydrogen) atoms. The van der Waals surface area contributed by atoms with Gasteiger partial charge < -0.3 is 19.6 Å². The summed E-state index contributed by atoms with van der Waals surface area (Å²) in [5.41, 5.74) is -1.58. The van der Waals surface area contributed by atoms with Gasteiger partial charge in [0.05, 0.1) is 40.5 Å². The minimum Gasteiger partial charge on any atom is -0.385 e. The number of carbonyl (C=O) groups is 2. The first-order valence-electron chi connectivity index (χ1n) is 14.1. The molecule has 8 nitrogen and oxygen atoms in total. The van der Waals surface area contributed by atoms with Crippen LogP contribution < -0.4 is 0 Å². The van der Waals surface area contributed by atoms with Crippen LogP contribution in [0.5, 0.6) is 0 Å². The molecule has 2 amide bonds. The Balaban J connectivity index is 1.54. The number of likely N-dealkylation sites (N-methyl/N-ethyl adjacent to an activating group) is 1. The zero-order chi connectivity index (χ0) is 31.1. The molecule has 3 aromatic rings. The smallest absolute Gasteiger partial charge is 0.257 e. The number of benzene rings is 2. The Hall–Kier alpha value is -3.08. The number of hydrogen-bond acceptors (Lipinski definition) is 6. The molecule has 228 valence electrons. The zero-order valence-corrected chi connectivity index (χ0v) is 26.1. The van der Waals surface area contributed by atoms with Crippen molar-refractivity contribution in [1.82, 2.24) is 19.7 Å². The molecular formula is C32H35Cl2FN4O4. The van der Waals surface area contributed by atoms with E-state index < -0.39 is 23.1 Å². The summed E-state index contributed by atoms with van der Waals surface area (Å²) in [6, 6.07) is 13.0. The van der Waals surface area contributed by atoms with E-state index in [1.54, 1.807) is 54.3 Å². The highest BCUT2D eigenvalue weighted by molar-refractivity contribution is 6.30. The first-order chi connectivity index (χ1) is 20.4. The van der Waals surface area contributed by atoms with Crippen LogP contribution >= 0.6 is 23.2 Å². The summed E-state index contributed by atoms with van der Waals surface area (Å²) in [5.74, 6) is -1.36. The quantitative estimate of drug-likeness (QED) is 0.376. The van der Waals surface area contributed by atoms with Crippen LogP contribution in [0.3, 0.4) is 0 Å². The van der Waals surface area contributed by atoms with E-state index in [1.807, 2.05) is 19.0 Å². The Morgan fingerprint density at radius 2 is 1.79 bits per heavy atom. The number of amides is 2. The van der Waals surface area contributed by atoms with E-state index >= 15 is 4.39 Å². The fourth-order valence-electron chi connectivity index (χ4n) is 6.28. The number of halogens is 3. The SMILES string of the molecule is CO[C@]1(c2ccc(Cl)cc2)c2c(F)cc(C(C)(O)C3CCN(C(=O)CN(C)C)CC3)cc2C(=O)N1Cc1ccc(Cl)cn1. The number of carbonyl (C=O) groups excluding carboxylic acids is 2. The van der Waals surface area contributed by atoms with Gasteiger partial charge in [0.2, 0.25) is 5.91 Å². The number of aromatic nitrogens is 1. The van der Waals surface area contributed by atoms with Crippen molar-refractivity contribution in [2.75, 3.05) is 40.8 Å². The zero-order valence-electron chi connectivity index (χ0n) is 24.6. The highest BCUT2D eigenvalue weighted by Gasteiger charge is 2.54. The average Bonchev–Trinajstić information content (AvgIpc) is 3.22. The van der Waals surface area contributed by atoms with Crippen molar-refractivity contribution in [3.8, 4) is 0 Å². The lowest BCUT2D eigenvalue weighted by atomic mass is 9.76. The van der Waals surface area contributed by atoms with Gasteiger partial charge in [-0.2, -0.15) is 0 Å². The summed E-state index contributed by atoms with van der Waals surface area (Å²) in [6.45, 7) is 2.95. The Bertz CT molecular complexity index is 1510. The van der Waals surface area contributed by atoms with Gasteiger partial charge in [-0.25, -0.2) is 4.39 Å². The number of hydrogen-bond donors (Lipinski definition) is 1. The molecule has 0 spiro atoms. The minimum absolute atomic E-state index is 0.00571. The number of rotatable bonds is 8. The van der Waals surface area contributed by atoms with Crippen molar-refractivity contribution in [3.05, 3.63) is 98.5 Å². The van der Waals surface area contributed by atoms with E-state index in [1.165, 1.54) is 24.3 Å². The summed E-state index contributed by atoms with van der Waals surface area (Å²) in [5, 5.41) is 12.7. The lowest BCUT2D eigenvalue weighted by Gasteiger charge is -2.40. The molecule has 1 N–H and O–H groups in total. The molecule has 0 bridgehead atoms. The Labute approximate surface area is 261 Å². The van der Waals surface area contributed by atoms with Gasteiger partial charge in [0.25, 0.3) is 5.91 Å². The van der Waals surface area contributed by atoms with Crippen molar-refractivity contribution < 1.29 is 23.8 Å². The molecule has 1 unspecified atom stereocenters. The van der Waals surface area contributed by atoms with Crippen molar-refractivity contribution in [3.63, 3.8) is 0 Å². The lowest BCUT2D eigenvalue weighted by Crippen LogP contribution is -2.46. The normalized spacial score (nSPS) is 20.4. The average molecular weight is 630 g/mol. The summed E-state index contributed by atoms with van der Waals surface area (Å²) in [4.78, 5) is 36.1. The fraction of sp³-hybridized carbons (Fsp3) is 0.406. The molecule has 1 aromatic heterocycles. The minimum atomic E-state index is -1.62. The number of nitrogens with zero attached hydrogens (tertiary/aromatic N) is 4. The predicted octanol–water partition coefficient (Wildman–Crippen LogP) is 5.04. The molecule has 2 aromatic carbocycles. The Kier molecular flexibility index (Phi) is 8.84.